The Balaban J connectivity index is 0.000000163. The molecule has 5 amide bonds. The number of piperidine rings is 1. The van der Waals surface area contributed by atoms with Gasteiger partial charge < -0.3 is 14.9 Å². The van der Waals surface area contributed by atoms with Gasteiger partial charge in [-0.05, 0) is 108 Å². The fraction of sp³-hybridized carbons (Fsp3) is 0.396. The molecule has 3 fully saturated rings. The second kappa shape index (κ2) is 16.1. The summed E-state index contributed by atoms with van der Waals surface area (Å²) in [6.45, 7) is 3.20. The number of nitrogens with one attached hydrogen (secondary N) is 1. The first kappa shape index (κ1) is 38.7. The first-order chi connectivity index (χ1) is 28.7. The van der Waals surface area contributed by atoms with E-state index in [0.29, 0.717) is 36.7 Å². The third kappa shape index (κ3) is 7.41. The molecule has 4 heterocycles. The summed E-state index contributed by atoms with van der Waals surface area (Å²) in [6.07, 6.45) is 10.1. The van der Waals surface area contributed by atoms with Gasteiger partial charge >= 0.3 is 0 Å². The van der Waals surface area contributed by atoms with Crippen molar-refractivity contribution in [1.29, 1.82) is 0 Å². The van der Waals surface area contributed by atoms with E-state index >= 15 is 0 Å². The van der Waals surface area contributed by atoms with Crippen LogP contribution in [0.3, 0.4) is 0 Å². The molecule has 6 aliphatic rings. The number of amides is 5. The Labute approximate surface area is 345 Å². The van der Waals surface area contributed by atoms with Crippen molar-refractivity contribution >= 4 is 35.7 Å². The van der Waals surface area contributed by atoms with Gasteiger partial charge in [-0.15, -0.1) is 0 Å². The summed E-state index contributed by atoms with van der Waals surface area (Å²) >= 11 is 0. The molecule has 0 bridgehead atoms. The number of aryl methyl sites for hydroxylation is 1. The third-order valence-corrected chi connectivity index (χ3v) is 13.7. The fourth-order valence-electron chi connectivity index (χ4n) is 10.4. The average Bonchev–Trinajstić information content (AvgIpc) is 3.76. The first-order valence-electron chi connectivity index (χ1n) is 21.2. The summed E-state index contributed by atoms with van der Waals surface area (Å²) in [5.41, 5.74) is 8.91. The van der Waals surface area contributed by atoms with Gasteiger partial charge in [0.25, 0.3) is 11.8 Å². The number of likely N-dealkylation sites (tertiary alicyclic amines) is 1. The van der Waals surface area contributed by atoms with Crippen molar-refractivity contribution in [1.82, 2.24) is 20.0 Å². The molecule has 10 rings (SSSR count). The normalized spacial score (nSPS) is 23.1. The minimum Gasteiger partial charge on any atom is -0.508 e. The van der Waals surface area contributed by atoms with Gasteiger partial charge in [0.15, 0.2) is 0 Å². The molecule has 59 heavy (non-hydrogen) atoms. The number of phenols is 1. The standard InChI is InChI=1S/C32H38N2O.C16H13N3O5/c1-33(28-21-34(22-28)27-10-6-3-7-11-27)26-15-12-24(13-16-26)32-30(23-8-4-2-5-9-23)18-14-25-20-29(35)17-19-31(25)32;20-7-18-5-8-3-10-11(4-9(8)6-18)16(24)19(15(10)23)12-1-2-13(21)17-14(12)22/h2,4-5,8-9,12-13,15-17,19-20,27-28,30,32,35H,3,6-7,10-11,14,18,21-22H2,1H3;3-4,7,12H,1-2,5-6H2,(H,17,21,22). The molecule has 11 heteroatoms. The molecule has 304 valence electrons. The number of hydrogen-bond donors (Lipinski definition) is 2. The number of carbonyl (C=O) groups is 5. The lowest BCUT2D eigenvalue weighted by Gasteiger charge is -2.49. The zero-order chi connectivity index (χ0) is 40.8. The number of aromatic hydroxyl groups is 1. The maximum atomic E-state index is 12.6. The zero-order valence-electron chi connectivity index (χ0n) is 33.5. The number of phenolic OH excluding ortho intramolecular Hbond substituents is 1. The molecule has 4 aromatic carbocycles. The summed E-state index contributed by atoms with van der Waals surface area (Å²) in [5.74, 6) is -0.950. The van der Waals surface area contributed by atoms with Crippen molar-refractivity contribution in [3.8, 4) is 5.75 Å². The van der Waals surface area contributed by atoms with Gasteiger partial charge in [-0.2, -0.15) is 0 Å². The Bertz CT molecular complexity index is 2240. The van der Waals surface area contributed by atoms with Crippen LogP contribution in [0.4, 0.5) is 5.69 Å². The van der Waals surface area contributed by atoms with Crippen molar-refractivity contribution in [2.75, 3.05) is 25.0 Å². The average molecular weight is 794 g/mol. The van der Waals surface area contributed by atoms with Crippen molar-refractivity contribution in [3.05, 3.63) is 129 Å². The maximum absolute atomic E-state index is 12.6. The highest BCUT2D eigenvalue weighted by atomic mass is 16.3. The van der Waals surface area contributed by atoms with E-state index in [9.17, 15) is 29.1 Å². The number of rotatable bonds is 7. The number of nitrogens with zero attached hydrogens (tertiary/aromatic N) is 4. The van der Waals surface area contributed by atoms with E-state index in [0.717, 1.165) is 41.3 Å². The van der Waals surface area contributed by atoms with Crippen LogP contribution in [0.1, 0.15) is 117 Å². The van der Waals surface area contributed by atoms with E-state index < -0.39 is 29.7 Å². The summed E-state index contributed by atoms with van der Waals surface area (Å²) in [5, 5.41) is 12.3. The van der Waals surface area contributed by atoms with Crippen LogP contribution in [0.15, 0.2) is 84.9 Å². The topological polar surface area (TPSA) is 131 Å². The van der Waals surface area contributed by atoms with Gasteiger partial charge in [0.2, 0.25) is 18.2 Å². The second-order valence-electron chi connectivity index (χ2n) is 17.1. The lowest BCUT2D eigenvalue weighted by molar-refractivity contribution is -0.136. The van der Waals surface area contributed by atoms with E-state index in [1.807, 2.05) is 12.1 Å². The van der Waals surface area contributed by atoms with Gasteiger partial charge in [0.05, 0.1) is 17.2 Å². The maximum Gasteiger partial charge on any atom is 0.262 e. The summed E-state index contributed by atoms with van der Waals surface area (Å²) in [7, 11) is 2.27. The van der Waals surface area contributed by atoms with Crippen molar-refractivity contribution < 1.29 is 29.1 Å². The van der Waals surface area contributed by atoms with Gasteiger partial charge in [0, 0.05) is 57.3 Å². The highest BCUT2D eigenvalue weighted by molar-refractivity contribution is 6.23. The lowest BCUT2D eigenvalue weighted by Crippen LogP contribution is -2.61. The monoisotopic (exact) mass is 793 g/mol. The number of carbonyl (C=O) groups excluding carboxylic acids is 5. The molecule has 2 aliphatic carbocycles. The Morgan fingerprint density at radius 1 is 0.729 bits per heavy atom. The predicted octanol–water partition coefficient (Wildman–Crippen LogP) is 6.27. The van der Waals surface area contributed by atoms with Crippen LogP contribution in [-0.4, -0.2) is 88.1 Å². The highest BCUT2D eigenvalue weighted by Crippen LogP contribution is 2.47. The van der Waals surface area contributed by atoms with E-state index in [2.05, 4.69) is 82.8 Å². The largest absolute Gasteiger partial charge is 0.508 e. The Morgan fingerprint density at radius 2 is 1.41 bits per heavy atom. The number of likely N-dealkylation sites (N-methyl/N-ethyl adjacent to an activating group) is 1. The lowest BCUT2D eigenvalue weighted by atomic mass is 9.69. The number of benzene rings is 4. The van der Waals surface area contributed by atoms with E-state index in [1.54, 1.807) is 17.0 Å². The Kier molecular flexibility index (Phi) is 10.6. The first-order valence-corrected chi connectivity index (χ1v) is 21.2. The number of anilines is 1. The van der Waals surface area contributed by atoms with Crippen LogP contribution in [0.5, 0.6) is 5.75 Å². The number of fused-ring (bicyclic) bond motifs is 3. The van der Waals surface area contributed by atoms with Crippen molar-refractivity contribution in [2.45, 2.75) is 101 Å². The van der Waals surface area contributed by atoms with Gasteiger partial charge in [0.1, 0.15) is 11.8 Å². The molecule has 0 aromatic heterocycles. The van der Waals surface area contributed by atoms with Gasteiger partial charge in [-0.1, -0.05) is 67.8 Å². The highest BCUT2D eigenvalue weighted by Gasteiger charge is 2.45. The summed E-state index contributed by atoms with van der Waals surface area (Å²) in [4.78, 5) is 67.1. The predicted molar refractivity (Wildman–Crippen MR) is 223 cm³/mol. The minimum absolute atomic E-state index is 0.0919. The minimum atomic E-state index is -0.962. The van der Waals surface area contributed by atoms with E-state index in [-0.39, 0.29) is 24.0 Å². The second-order valence-corrected chi connectivity index (χ2v) is 17.1. The molecule has 3 unspecified atom stereocenters. The molecule has 3 atom stereocenters. The molecule has 11 nitrogen and oxygen atoms in total. The van der Waals surface area contributed by atoms with Gasteiger partial charge in [-0.3, -0.25) is 39.1 Å². The molecule has 4 aromatic rings. The fourth-order valence-corrected chi connectivity index (χ4v) is 10.4. The number of imide groups is 2. The van der Waals surface area contributed by atoms with Crippen LogP contribution >= 0.6 is 0 Å². The van der Waals surface area contributed by atoms with Gasteiger partial charge in [-0.25, -0.2) is 0 Å². The smallest absolute Gasteiger partial charge is 0.262 e. The molecule has 0 spiro atoms. The summed E-state index contributed by atoms with van der Waals surface area (Å²) < 4.78 is 0. The third-order valence-electron chi connectivity index (χ3n) is 13.7. The van der Waals surface area contributed by atoms with Crippen molar-refractivity contribution in [3.63, 3.8) is 0 Å². The van der Waals surface area contributed by atoms with E-state index in [1.165, 1.54) is 73.1 Å². The van der Waals surface area contributed by atoms with Crippen LogP contribution in [-0.2, 0) is 33.9 Å². The Hall–Kier alpha value is -5.81. The molecule has 1 saturated carbocycles. The molecule has 0 radical (unpaired) electrons. The molecule has 4 aliphatic heterocycles. The van der Waals surface area contributed by atoms with Crippen LogP contribution in [0.25, 0.3) is 0 Å². The zero-order valence-corrected chi connectivity index (χ0v) is 33.5. The molecule has 2 saturated heterocycles. The molecule has 2 N–H and O–H groups in total. The quantitative estimate of drug-likeness (QED) is 0.166. The van der Waals surface area contributed by atoms with Crippen LogP contribution in [0.2, 0.25) is 0 Å². The van der Waals surface area contributed by atoms with Crippen molar-refractivity contribution in [2.24, 2.45) is 0 Å². The number of hydrogen-bond acceptors (Lipinski definition) is 8. The summed E-state index contributed by atoms with van der Waals surface area (Å²) in [6, 6.07) is 30.1. The SMILES string of the molecule is CN(c1ccc(C2c3ccc(O)cc3CCC2c2ccccc2)cc1)C1CN(C2CCCCC2)C1.O=CN1Cc2cc3c(cc2C1)C(=O)N(C1CCC(=O)NC1=O)C3=O. The van der Waals surface area contributed by atoms with E-state index in [4.69, 9.17) is 0 Å². The Morgan fingerprint density at radius 3 is 2.05 bits per heavy atom. The van der Waals surface area contributed by atoms with Crippen LogP contribution < -0.4 is 10.2 Å². The molecular weight excluding hydrogens is 743 g/mol. The molecular formula is C48H51N5O6. The van der Waals surface area contributed by atoms with Crippen LogP contribution in [0, 0.1) is 0 Å².